The molecule has 30 heavy (non-hydrogen) atoms. The van der Waals surface area contributed by atoms with E-state index in [2.05, 4.69) is 26.6 Å². The maximum absolute atomic E-state index is 11.3. The third-order valence-corrected chi connectivity index (χ3v) is 5.91. The minimum absolute atomic E-state index is 0.324. The third kappa shape index (κ3) is 3.47. The first-order valence-corrected chi connectivity index (χ1v) is 10.2. The van der Waals surface area contributed by atoms with Gasteiger partial charge in [-0.15, -0.1) is 0 Å². The Labute approximate surface area is 179 Å². The molecule has 0 bridgehead atoms. The zero-order valence-electron chi connectivity index (χ0n) is 16.3. The van der Waals surface area contributed by atoms with Gasteiger partial charge in [-0.25, -0.2) is 4.79 Å². The molecule has 2 aromatic heterocycles. The number of halogens is 1. The van der Waals surface area contributed by atoms with Crippen LogP contribution in [0.5, 0.6) is 0 Å². The first-order chi connectivity index (χ1) is 14.6. The first-order valence-electron chi connectivity index (χ1n) is 9.86. The van der Waals surface area contributed by atoms with Crippen molar-refractivity contribution in [3.63, 3.8) is 0 Å². The van der Waals surface area contributed by atoms with E-state index in [0.29, 0.717) is 10.6 Å². The van der Waals surface area contributed by atoms with Crippen molar-refractivity contribution < 1.29 is 9.90 Å². The van der Waals surface area contributed by atoms with Crippen molar-refractivity contribution in [2.24, 2.45) is 0 Å². The van der Waals surface area contributed by atoms with E-state index in [0.717, 1.165) is 48.3 Å². The molecule has 6 heteroatoms. The van der Waals surface area contributed by atoms with Gasteiger partial charge in [0.25, 0.3) is 0 Å². The number of benzene rings is 2. The lowest BCUT2D eigenvalue weighted by Gasteiger charge is -2.29. The summed E-state index contributed by atoms with van der Waals surface area (Å²) in [6, 6.07) is 19.3. The van der Waals surface area contributed by atoms with Gasteiger partial charge in [-0.1, -0.05) is 29.8 Å². The number of nitrogens with zero attached hydrogens (tertiary/aromatic N) is 3. The maximum atomic E-state index is 11.3. The molecule has 1 aliphatic heterocycles. The van der Waals surface area contributed by atoms with Crippen LogP contribution < -0.4 is 0 Å². The number of pyridine rings is 1. The Morgan fingerprint density at radius 2 is 1.90 bits per heavy atom. The fraction of sp³-hybridized carbons (Fsp3) is 0.167. The maximum Gasteiger partial charge on any atom is 0.335 e. The smallest absolute Gasteiger partial charge is 0.335 e. The average Bonchev–Trinajstić information content (AvgIpc) is 3.11. The number of aromatic nitrogens is 2. The first kappa shape index (κ1) is 18.9. The number of carboxylic acid groups (broad SMARTS) is 1. The lowest BCUT2D eigenvalue weighted by Crippen LogP contribution is -2.33. The molecule has 0 saturated heterocycles. The summed E-state index contributed by atoms with van der Waals surface area (Å²) in [5.74, 6) is -0.894. The lowest BCUT2D eigenvalue weighted by molar-refractivity contribution is 0.0697. The number of aromatic carboxylic acids is 1. The highest BCUT2D eigenvalue weighted by molar-refractivity contribution is 6.30. The van der Waals surface area contributed by atoms with Gasteiger partial charge in [0.1, 0.15) is 0 Å². The molecule has 0 unspecified atom stereocenters. The fourth-order valence-electron chi connectivity index (χ4n) is 4.22. The predicted octanol–water partition coefficient (Wildman–Crippen LogP) is 5.07. The number of hydrogen-bond donors (Lipinski definition) is 1. The Balaban J connectivity index is 1.42. The van der Waals surface area contributed by atoms with Crippen LogP contribution in [0.25, 0.3) is 22.2 Å². The van der Waals surface area contributed by atoms with Gasteiger partial charge in [-0.3, -0.25) is 9.88 Å². The molecule has 5 nitrogen and oxygen atoms in total. The standard InChI is InChI=1S/C24H20ClN3O2/c25-20-6-3-16(4-7-20)23-18(2-1-9-26-23)14-27-10-11-28-21(15-27)13-19-12-17(24(29)30)5-8-22(19)28/h1-9,12-13H,10-11,14-15H2,(H,29,30). The number of carbonyl (C=O) groups is 1. The van der Waals surface area contributed by atoms with Crippen LogP contribution in [0.1, 0.15) is 21.6 Å². The molecule has 0 amide bonds. The van der Waals surface area contributed by atoms with Gasteiger partial charge in [0.2, 0.25) is 0 Å². The number of hydrogen-bond acceptors (Lipinski definition) is 3. The van der Waals surface area contributed by atoms with Crippen molar-refractivity contribution in [3.05, 3.63) is 88.7 Å². The molecule has 0 aliphatic carbocycles. The van der Waals surface area contributed by atoms with Crippen LogP contribution in [0.4, 0.5) is 0 Å². The number of fused-ring (bicyclic) bond motifs is 3. The van der Waals surface area contributed by atoms with Crippen molar-refractivity contribution in [1.29, 1.82) is 0 Å². The minimum atomic E-state index is -0.894. The zero-order valence-corrected chi connectivity index (χ0v) is 17.0. The van der Waals surface area contributed by atoms with Gasteiger partial charge in [0, 0.05) is 59.6 Å². The summed E-state index contributed by atoms with van der Waals surface area (Å²) in [6.07, 6.45) is 1.82. The molecule has 0 fully saturated rings. The van der Waals surface area contributed by atoms with E-state index < -0.39 is 5.97 Å². The van der Waals surface area contributed by atoms with E-state index >= 15 is 0 Å². The highest BCUT2D eigenvalue weighted by atomic mass is 35.5. The third-order valence-electron chi connectivity index (χ3n) is 5.66. The van der Waals surface area contributed by atoms with E-state index in [9.17, 15) is 9.90 Å². The Kier molecular flexibility index (Phi) is 4.77. The Hall–Kier alpha value is -3.15. The molecule has 150 valence electrons. The van der Waals surface area contributed by atoms with E-state index in [1.165, 1.54) is 11.3 Å². The van der Waals surface area contributed by atoms with Gasteiger partial charge in [-0.2, -0.15) is 0 Å². The molecule has 0 radical (unpaired) electrons. The van der Waals surface area contributed by atoms with E-state index in [1.807, 2.05) is 42.6 Å². The lowest BCUT2D eigenvalue weighted by atomic mass is 10.1. The van der Waals surface area contributed by atoms with Crippen molar-refractivity contribution in [2.75, 3.05) is 6.54 Å². The summed E-state index contributed by atoms with van der Waals surface area (Å²) in [5.41, 5.74) is 5.84. The minimum Gasteiger partial charge on any atom is -0.478 e. The second kappa shape index (κ2) is 7.59. The van der Waals surface area contributed by atoms with Crippen molar-refractivity contribution in [2.45, 2.75) is 19.6 Å². The monoisotopic (exact) mass is 417 g/mol. The van der Waals surface area contributed by atoms with Crippen LogP contribution in [0.3, 0.4) is 0 Å². The molecule has 1 aliphatic rings. The van der Waals surface area contributed by atoms with E-state index in [-0.39, 0.29) is 0 Å². The van der Waals surface area contributed by atoms with Gasteiger partial charge in [0.05, 0.1) is 11.3 Å². The highest BCUT2D eigenvalue weighted by Gasteiger charge is 2.20. The van der Waals surface area contributed by atoms with Gasteiger partial charge >= 0.3 is 5.97 Å². The largest absolute Gasteiger partial charge is 0.478 e. The molecule has 0 saturated carbocycles. The number of rotatable bonds is 4. The van der Waals surface area contributed by atoms with Crippen LogP contribution in [-0.4, -0.2) is 32.1 Å². The summed E-state index contributed by atoms with van der Waals surface area (Å²) in [5, 5.41) is 11.0. The summed E-state index contributed by atoms with van der Waals surface area (Å²) >= 11 is 6.04. The quantitative estimate of drug-likeness (QED) is 0.503. The summed E-state index contributed by atoms with van der Waals surface area (Å²) < 4.78 is 2.29. The van der Waals surface area contributed by atoms with Crippen LogP contribution in [0.15, 0.2) is 66.9 Å². The second-order valence-corrected chi connectivity index (χ2v) is 8.03. The van der Waals surface area contributed by atoms with Crippen LogP contribution >= 0.6 is 11.6 Å². The molecular formula is C24H20ClN3O2. The predicted molar refractivity (Wildman–Crippen MR) is 118 cm³/mol. The summed E-state index contributed by atoms with van der Waals surface area (Å²) in [7, 11) is 0. The summed E-state index contributed by atoms with van der Waals surface area (Å²) in [6.45, 7) is 3.41. The van der Waals surface area contributed by atoms with Crippen molar-refractivity contribution in [3.8, 4) is 11.3 Å². The Morgan fingerprint density at radius 1 is 1.07 bits per heavy atom. The Morgan fingerprint density at radius 3 is 2.70 bits per heavy atom. The molecule has 5 rings (SSSR count). The van der Waals surface area contributed by atoms with Crippen LogP contribution in [0, 0.1) is 0 Å². The van der Waals surface area contributed by atoms with Gasteiger partial charge in [-0.05, 0) is 48.0 Å². The molecule has 0 spiro atoms. The molecule has 0 atom stereocenters. The van der Waals surface area contributed by atoms with Gasteiger partial charge in [0.15, 0.2) is 0 Å². The molecule has 3 heterocycles. The molecule has 4 aromatic rings. The van der Waals surface area contributed by atoms with Crippen LogP contribution in [-0.2, 0) is 19.6 Å². The van der Waals surface area contributed by atoms with E-state index in [1.54, 1.807) is 12.1 Å². The highest BCUT2D eigenvalue weighted by Crippen LogP contribution is 2.28. The normalized spacial score (nSPS) is 14.0. The number of carboxylic acids is 1. The van der Waals surface area contributed by atoms with E-state index in [4.69, 9.17) is 11.6 Å². The molecular weight excluding hydrogens is 398 g/mol. The van der Waals surface area contributed by atoms with Crippen LogP contribution in [0.2, 0.25) is 5.02 Å². The average molecular weight is 418 g/mol. The van der Waals surface area contributed by atoms with Crippen molar-refractivity contribution in [1.82, 2.24) is 14.5 Å². The summed E-state index contributed by atoms with van der Waals surface area (Å²) in [4.78, 5) is 18.3. The second-order valence-electron chi connectivity index (χ2n) is 7.59. The van der Waals surface area contributed by atoms with Gasteiger partial charge < -0.3 is 9.67 Å². The fourth-order valence-corrected chi connectivity index (χ4v) is 4.34. The SMILES string of the molecule is O=C(O)c1ccc2c(c1)cc1n2CCN(Cc2cccnc2-c2ccc(Cl)cc2)C1. The molecule has 1 N–H and O–H groups in total. The topological polar surface area (TPSA) is 58.4 Å². The Bertz CT molecular complexity index is 1250. The molecule has 2 aromatic carbocycles. The zero-order chi connectivity index (χ0) is 20.7. The van der Waals surface area contributed by atoms with Crippen molar-refractivity contribution >= 4 is 28.5 Å².